The first kappa shape index (κ1) is 16.3. The lowest BCUT2D eigenvalue weighted by Gasteiger charge is -2.11. The van der Waals surface area contributed by atoms with E-state index in [1.807, 2.05) is 47.3 Å². The van der Waals surface area contributed by atoms with Crippen molar-refractivity contribution >= 4 is 10.9 Å². The van der Waals surface area contributed by atoms with Crippen LogP contribution in [0.15, 0.2) is 73.1 Å². The summed E-state index contributed by atoms with van der Waals surface area (Å²) in [6.45, 7) is 0. The summed E-state index contributed by atoms with van der Waals surface area (Å²) in [7, 11) is 0. The summed E-state index contributed by atoms with van der Waals surface area (Å²) in [5.41, 5.74) is 0.748. The van der Waals surface area contributed by atoms with E-state index in [2.05, 4.69) is 4.98 Å². The molecule has 0 aliphatic heterocycles. The van der Waals surface area contributed by atoms with E-state index in [0.29, 0.717) is 11.6 Å². The molecule has 2 aromatic carbocycles. The molecule has 0 atom stereocenters. The highest BCUT2D eigenvalue weighted by atomic mass is 19.4. The van der Waals surface area contributed by atoms with E-state index in [1.54, 1.807) is 12.1 Å². The normalized spacial score (nSPS) is 11.8. The van der Waals surface area contributed by atoms with Gasteiger partial charge < -0.3 is 4.57 Å². The van der Waals surface area contributed by atoms with Crippen LogP contribution in [0.5, 0.6) is 0 Å². The number of fused-ring (bicyclic) bond motifs is 1. The summed E-state index contributed by atoms with van der Waals surface area (Å²) >= 11 is 0. The fourth-order valence-corrected chi connectivity index (χ4v) is 2.90. The average molecular weight is 356 g/mol. The number of para-hydroxylation sites is 1. The third-order valence-corrected chi connectivity index (χ3v) is 4.10. The van der Waals surface area contributed by atoms with E-state index in [9.17, 15) is 17.6 Å². The molecule has 4 rings (SSSR count). The average Bonchev–Trinajstić information content (AvgIpc) is 3.14. The first-order valence-corrected chi connectivity index (χ1v) is 7.83. The standard InChI is InChI=1S/C20H12F4N2/c21-16-11-14(10-15(12-16)20(22,23)24)17-7-6-13-4-3-5-18(19(13)25-17)26-8-1-2-9-26/h1-12H. The highest BCUT2D eigenvalue weighted by molar-refractivity contribution is 5.88. The van der Waals surface area contributed by atoms with Crippen molar-refractivity contribution in [3.63, 3.8) is 0 Å². The maximum Gasteiger partial charge on any atom is 0.416 e. The topological polar surface area (TPSA) is 17.8 Å². The molecule has 0 saturated heterocycles. The number of hydrogen-bond donors (Lipinski definition) is 0. The lowest BCUT2D eigenvalue weighted by molar-refractivity contribution is -0.137. The summed E-state index contributed by atoms with van der Waals surface area (Å²) in [5, 5.41) is 0.840. The van der Waals surface area contributed by atoms with Crippen LogP contribution in [0.4, 0.5) is 17.6 Å². The van der Waals surface area contributed by atoms with Gasteiger partial charge in [0.25, 0.3) is 0 Å². The van der Waals surface area contributed by atoms with E-state index in [0.717, 1.165) is 23.2 Å². The molecular weight excluding hydrogens is 344 g/mol. The van der Waals surface area contributed by atoms with Crippen molar-refractivity contribution in [3.05, 3.63) is 84.4 Å². The lowest BCUT2D eigenvalue weighted by atomic mass is 10.1. The van der Waals surface area contributed by atoms with Gasteiger partial charge in [-0.2, -0.15) is 13.2 Å². The number of aromatic nitrogens is 2. The second-order valence-corrected chi connectivity index (χ2v) is 5.86. The zero-order valence-corrected chi connectivity index (χ0v) is 13.3. The first-order valence-electron chi connectivity index (χ1n) is 7.83. The minimum atomic E-state index is -4.62. The largest absolute Gasteiger partial charge is 0.416 e. The van der Waals surface area contributed by atoms with Gasteiger partial charge in [-0.3, -0.25) is 0 Å². The quantitative estimate of drug-likeness (QED) is 0.412. The van der Waals surface area contributed by atoms with Gasteiger partial charge in [0.15, 0.2) is 0 Å². The van der Waals surface area contributed by atoms with Crippen LogP contribution >= 0.6 is 0 Å². The molecule has 0 amide bonds. The van der Waals surface area contributed by atoms with Crippen LogP contribution in [0, 0.1) is 5.82 Å². The highest BCUT2D eigenvalue weighted by Crippen LogP contribution is 2.33. The van der Waals surface area contributed by atoms with Crippen LogP contribution in [0.25, 0.3) is 27.8 Å². The Morgan fingerprint density at radius 3 is 2.35 bits per heavy atom. The van der Waals surface area contributed by atoms with Crippen molar-refractivity contribution in [1.29, 1.82) is 0 Å². The van der Waals surface area contributed by atoms with Gasteiger partial charge in [-0.05, 0) is 42.5 Å². The number of nitrogens with zero attached hydrogens (tertiary/aromatic N) is 2. The molecule has 2 aromatic heterocycles. The van der Waals surface area contributed by atoms with Gasteiger partial charge in [0, 0.05) is 23.3 Å². The molecule has 4 aromatic rings. The third kappa shape index (κ3) is 2.94. The van der Waals surface area contributed by atoms with Crippen LogP contribution < -0.4 is 0 Å². The molecule has 0 bridgehead atoms. The molecule has 0 aliphatic carbocycles. The van der Waals surface area contributed by atoms with Crippen molar-refractivity contribution in [1.82, 2.24) is 9.55 Å². The van der Waals surface area contributed by atoms with Crippen LogP contribution in [0.1, 0.15) is 5.56 Å². The molecule has 0 saturated carbocycles. The Hall–Kier alpha value is -3.15. The summed E-state index contributed by atoms with van der Waals surface area (Å²) in [4.78, 5) is 4.51. The smallest absolute Gasteiger partial charge is 0.322 e. The second kappa shape index (κ2) is 5.98. The van der Waals surface area contributed by atoms with Gasteiger partial charge >= 0.3 is 6.18 Å². The maximum absolute atomic E-state index is 13.7. The molecule has 26 heavy (non-hydrogen) atoms. The molecule has 0 N–H and O–H groups in total. The van der Waals surface area contributed by atoms with Gasteiger partial charge in [-0.25, -0.2) is 9.37 Å². The van der Waals surface area contributed by atoms with Gasteiger partial charge in [-0.15, -0.1) is 0 Å². The van der Waals surface area contributed by atoms with E-state index >= 15 is 0 Å². The third-order valence-electron chi connectivity index (χ3n) is 4.10. The fourth-order valence-electron chi connectivity index (χ4n) is 2.90. The van der Waals surface area contributed by atoms with Crippen molar-refractivity contribution in [2.75, 3.05) is 0 Å². The Labute approximate surface area is 146 Å². The number of benzene rings is 2. The molecule has 130 valence electrons. The Bertz CT molecular complexity index is 1080. The molecule has 6 heteroatoms. The van der Waals surface area contributed by atoms with E-state index in [-0.39, 0.29) is 11.3 Å². The molecule has 0 fully saturated rings. The monoisotopic (exact) mass is 356 g/mol. The Morgan fingerprint density at radius 1 is 0.846 bits per heavy atom. The van der Waals surface area contributed by atoms with Crippen LogP contribution in [-0.2, 0) is 6.18 Å². The first-order chi connectivity index (χ1) is 12.4. The summed E-state index contributed by atoms with van der Waals surface area (Å²) in [6.07, 6.45) is -0.913. The highest BCUT2D eigenvalue weighted by Gasteiger charge is 2.31. The van der Waals surface area contributed by atoms with Crippen LogP contribution in [0.2, 0.25) is 0 Å². The number of rotatable bonds is 2. The van der Waals surface area contributed by atoms with Crippen molar-refractivity contribution in [2.24, 2.45) is 0 Å². The fraction of sp³-hybridized carbons (Fsp3) is 0.0500. The Kier molecular flexibility index (Phi) is 3.76. The van der Waals surface area contributed by atoms with Gasteiger partial charge in [0.05, 0.1) is 22.5 Å². The van der Waals surface area contributed by atoms with Gasteiger partial charge in [0.1, 0.15) is 5.82 Å². The minimum absolute atomic E-state index is 0.0848. The summed E-state index contributed by atoms with van der Waals surface area (Å²) in [6, 6.07) is 15.2. The van der Waals surface area contributed by atoms with Gasteiger partial charge in [-0.1, -0.05) is 18.2 Å². The number of hydrogen-bond acceptors (Lipinski definition) is 1. The van der Waals surface area contributed by atoms with Crippen molar-refractivity contribution in [2.45, 2.75) is 6.18 Å². The predicted octanol–water partition coefficient (Wildman–Crippen LogP) is 5.85. The zero-order valence-electron chi connectivity index (χ0n) is 13.3. The molecule has 0 aliphatic rings. The Morgan fingerprint density at radius 2 is 1.62 bits per heavy atom. The predicted molar refractivity (Wildman–Crippen MR) is 91.5 cm³/mol. The maximum atomic E-state index is 13.7. The second-order valence-electron chi connectivity index (χ2n) is 5.86. The number of halogens is 4. The summed E-state index contributed by atoms with van der Waals surface area (Å²) < 4.78 is 54.5. The molecule has 2 heterocycles. The SMILES string of the molecule is Fc1cc(-c2ccc3cccc(-n4cccc4)c3n2)cc(C(F)(F)F)c1. The zero-order chi connectivity index (χ0) is 18.3. The number of alkyl halides is 3. The molecule has 2 nitrogen and oxygen atoms in total. The lowest BCUT2D eigenvalue weighted by Crippen LogP contribution is -2.05. The molecule has 0 radical (unpaired) electrons. The van der Waals surface area contributed by atoms with Crippen LogP contribution in [0.3, 0.4) is 0 Å². The Balaban J connectivity index is 1.91. The van der Waals surface area contributed by atoms with E-state index < -0.39 is 17.6 Å². The van der Waals surface area contributed by atoms with E-state index in [4.69, 9.17) is 0 Å². The number of pyridine rings is 1. The van der Waals surface area contributed by atoms with Gasteiger partial charge in [0.2, 0.25) is 0 Å². The van der Waals surface area contributed by atoms with Crippen molar-refractivity contribution < 1.29 is 17.6 Å². The molecular formula is C20H12F4N2. The molecule has 0 spiro atoms. The van der Waals surface area contributed by atoms with Crippen molar-refractivity contribution in [3.8, 4) is 16.9 Å². The summed E-state index contributed by atoms with van der Waals surface area (Å²) in [5.74, 6) is -0.949. The van der Waals surface area contributed by atoms with Crippen LogP contribution in [-0.4, -0.2) is 9.55 Å². The minimum Gasteiger partial charge on any atom is -0.322 e. The molecule has 0 unspecified atom stereocenters. The van der Waals surface area contributed by atoms with E-state index in [1.165, 1.54) is 0 Å².